The third kappa shape index (κ3) is 5.24. The Labute approximate surface area is 147 Å². The van der Waals surface area contributed by atoms with Crippen LogP contribution in [0.15, 0.2) is 53.4 Å². The number of carbonyl (C=O) groups excluding carboxylic acids is 2. The van der Waals surface area contributed by atoms with Crippen molar-refractivity contribution in [2.75, 3.05) is 11.1 Å². The molecule has 0 unspecified atom stereocenters. The van der Waals surface area contributed by atoms with Crippen LogP contribution in [0.5, 0.6) is 0 Å². The second kappa shape index (κ2) is 7.67. The fourth-order valence-corrected chi connectivity index (χ4v) is 2.90. The number of Topliss-reactive ketones (excluding diaryl/α,β-unsaturated/α-hetero) is 1. The molecule has 2 aromatic carbocycles. The summed E-state index contributed by atoms with van der Waals surface area (Å²) in [4.78, 5) is 25.3. The van der Waals surface area contributed by atoms with Crippen molar-refractivity contribution in [3.8, 4) is 0 Å². The summed E-state index contributed by atoms with van der Waals surface area (Å²) < 4.78 is 0. The Morgan fingerprint density at radius 2 is 1.71 bits per heavy atom. The number of nitrogens with one attached hydrogen (secondary N) is 1. The summed E-state index contributed by atoms with van der Waals surface area (Å²) in [5.74, 6) is 0.434. The van der Waals surface area contributed by atoms with E-state index in [0.29, 0.717) is 17.0 Å². The first-order valence-electron chi connectivity index (χ1n) is 7.90. The molecule has 0 saturated heterocycles. The van der Waals surface area contributed by atoms with E-state index in [9.17, 15) is 9.59 Å². The molecule has 0 bridgehead atoms. The summed E-state index contributed by atoms with van der Waals surface area (Å²) in [5.41, 5.74) is 2.10. The van der Waals surface area contributed by atoms with Crippen LogP contribution in [0.25, 0.3) is 0 Å². The monoisotopic (exact) mass is 341 g/mol. The summed E-state index contributed by atoms with van der Waals surface area (Å²) in [6.45, 7) is 7.63. The normalized spacial score (nSPS) is 11.2. The second-order valence-corrected chi connectivity index (χ2v) is 7.86. The fraction of sp³-hybridized carbons (Fsp3) is 0.300. The largest absolute Gasteiger partial charge is 0.326 e. The lowest BCUT2D eigenvalue weighted by Crippen LogP contribution is -2.27. The van der Waals surface area contributed by atoms with Crippen LogP contribution in [0.3, 0.4) is 0 Å². The highest BCUT2D eigenvalue weighted by Crippen LogP contribution is 2.21. The van der Waals surface area contributed by atoms with Gasteiger partial charge >= 0.3 is 0 Å². The van der Waals surface area contributed by atoms with Gasteiger partial charge in [0.15, 0.2) is 5.78 Å². The molecule has 1 amide bonds. The van der Waals surface area contributed by atoms with Crippen molar-refractivity contribution in [1.82, 2.24) is 0 Å². The van der Waals surface area contributed by atoms with Gasteiger partial charge in [-0.05, 0) is 43.3 Å². The number of rotatable bonds is 5. The van der Waals surface area contributed by atoms with E-state index in [2.05, 4.69) is 11.4 Å². The van der Waals surface area contributed by atoms with E-state index in [1.54, 1.807) is 24.3 Å². The predicted octanol–water partition coefficient (Wildman–Crippen LogP) is 4.95. The molecule has 3 nitrogen and oxygen atoms in total. The Balaban J connectivity index is 1.95. The van der Waals surface area contributed by atoms with Crippen LogP contribution in [0.4, 0.5) is 5.69 Å². The van der Waals surface area contributed by atoms with Gasteiger partial charge in [0.1, 0.15) is 0 Å². The molecule has 2 aromatic rings. The molecule has 0 saturated carbocycles. The first-order chi connectivity index (χ1) is 11.3. The Morgan fingerprint density at radius 1 is 1.04 bits per heavy atom. The number of aryl methyl sites for hydroxylation is 1. The highest BCUT2D eigenvalue weighted by atomic mass is 32.2. The van der Waals surface area contributed by atoms with Gasteiger partial charge in [-0.25, -0.2) is 0 Å². The summed E-state index contributed by atoms with van der Waals surface area (Å²) in [6.07, 6.45) is 0. The third-order valence-electron chi connectivity index (χ3n) is 3.51. The number of thioether (sulfide) groups is 1. The van der Waals surface area contributed by atoms with Gasteiger partial charge in [0.2, 0.25) is 5.91 Å². The van der Waals surface area contributed by atoms with Gasteiger partial charge in [-0.3, -0.25) is 9.59 Å². The number of anilines is 1. The molecule has 0 spiro atoms. The quantitative estimate of drug-likeness (QED) is 0.618. The predicted molar refractivity (Wildman–Crippen MR) is 101 cm³/mol. The van der Waals surface area contributed by atoms with E-state index >= 15 is 0 Å². The van der Waals surface area contributed by atoms with Gasteiger partial charge in [0.05, 0.1) is 5.75 Å². The first-order valence-corrected chi connectivity index (χ1v) is 8.88. The van der Waals surface area contributed by atoms with E-state index in [4.69, 9.17) is 0 Å². The zero-order valence-electron chi connectivity index (χ0n) is 14.6. The molecule has 4 heteroatoms. The maximum Gasteiger partial charge on any atom is 0.229 e. The van der Waals surface area contributed by atoms with E-state index in [0.717, 1.165) is 4.90 Å². The van der Waals surface area contributed by atoms with Gasteiger partial charge in [0.25, 0.3) is 0 Å². The summed E-state index contributed by atoms with van der Waals surface area (Å²) in [5, 5.41) is 2.86. The molecule has 0 aliphatic carbocycles. The van der Waals surface area contributed by atoms with E-state index in [1.807, 2.05) is 45.9 Å². The van der Waals surface area contributed by atoms with Crippen LogP contribution in [-0.4, -0.2) is 17.4 Å². The minimum Gasteiger partial charge on any atom is -0.326 e. The Bertz CT molecular complexity index is 730. The van der Waals surface area contributed by atoms with Crippen molar-refractivity contribution >= 4 is 29.1 Å². The Hall–Kier alpha value is -2.07. The zero-order valence-corrected chi connectivity index (χ0v) is 15.4. The van der Waals surface area contributed by atoms with Crippen molar-refractivity contribution in [3.63, 3.8) is 0 Å². The number of ketones is 1. The van der Waals surface area contributed by atoms with Crippen LogP contribution >= 0.6 is 11.8 Å². The van der Waals surface area contributed by atoms with Gasteiger partial charge in [-0.15, -0.1) is 11.8 Å². The molecule has 0 aromatic heterocycles. The molecule has 0 aliphatic heterocycles. The van der Waals surface area contributed by atoms with E-state index < -0.39 is 5.41 Å². The minimum absolute atomic E-state index is 0.0448. The standard InChI is InChI=1S/C20H23NO2S/c1-14-6-5-7-17(12-14)24-13-18(22)15-8-10-16(11-9-15)21-19(23)20(2,3)4/h5-12H,13H2,1-4H3,(H,21,23). The maximum absolute atomic E-state index is 12.3. The number of carbonyl (C=O) groups is 2. The lowest BCUT2D eigenvalue weighted by atomic mass is 9.95. The van der Waals surface area contributed by atoms with Crippen LogP contribution < -0.4 is 5.32 Å². The molecule has 2 rings (SSSR count). The lowest BCUT2D eigenvalue weighted by Gasteiger charge is -2.17. The molecule has 1 N–H and O–H groups in total. The lowest BCUT2D eigenvalue weighted by molar-refractivity contribution is -0.123. The number of hydrogen-bond acceptors (Lipinski definition) is 3. The number of amides is 1. The highest BCUT2D eigenvalue weighted by Gasteiger charge is 2.21. The Morgan fingerprint density at radius 3 is 2.29 bits per heavy atom. The average Bonchev–Trinajstić information content (AvgIpc) is 2.52. The zero-order chi connectivity index (χ0) is 17.7. The van der Waals surface area contributed by atoms with Gasteiger partial charge in [-0.2, -0.15) is 0 Å². The van der Waals surface area contributed by atoms with E-state index in [-0.39, 0.29) is 11.7 Å². The molecule has 0 aliphatic rings. The SMILES string of the molecule is Cc1cccc(SCC(=O)c2ccc(NC(=O)C(C)(C)C)cc2)c1. The van der Waals surface area contributed by atoms with Crippen molar-refractivity contribution in [1.29, 1.82) is 0 Å². The van der Waals surface area contributed by atoms with Crippen LogP contribution in [0.1, 0.15) is 36.7 Å². The van der Waals surface area contributed by atoms with Crippen molar-refractivity contribution in [3.05, 3.63) is 59.7 Å². The number of benzene rings is 2. The fourth-order valence-electron chi connectivity index (χ4n) is 2.00. The molecule has 0 atom stereocenters. The second-order valence-electron chi connectivity index (χ2n) is 6.81. The first kappa shape index (κ1) is 18.3. The van der Waals surface area contributed by atoms with Crippen molar-refractivity contribution in [2.24, 2.45) is 5.41 Å². The van der Waals surface area contributed by atoms with Crippen molar-refractivity contribution < 1.29 is 9.59 Å². The topological polar surface area (TPSA) is 46.2 Å². The summed E-state index contributed by atoms with van der Waals surface area (Å²) >= 11 is 1.54. The van der Waals surface area contributed by atoms with E-state index in [1.165, 1.54) is 17.3 Å². The average molecular weight is 341 g/mol. The smallest absolute Gasteiger partial charge is 0.229 e. The highest BCUT2D eigenvalue weighted by molar-refractivity contribution is 8.00. The third-order valence-corrected chi connectivity index (χ3v) is 4.50. The maximum atomic E-state index is 12.3. The molecule has 0 radical (unpaired) electrons. The van der Waals surface area contributed by atoms with Crippen LogP contribution in [-0.2, 0) is 4.79 Å². The van der Waals surface area contributed by atoms with Crippen molar-refractivity contribution in [2.45, 2.75) is 32.6 Å². The Kier molecular flexibility index (Phi) is 5.84. The minimum atomic E-state index is -0.445. The molecular formula is C20H23NO2S. The van der Waals surface area contributed by atoms with Gasteiger partial charge in [0, 0.05) is 21.6 Å². The summed E-state index contributed by atoms with van der Waals surface area (Å²) in [6, 6.07) is 15.2. The molecule has 126 valence electrons. The van der Waals surface area contributed by atoms with Crippen LogP contribution in [0, 0.1) is 12.3 Å². The van der Waals surface area contributed by atoms with Gasteiger partial charge < -0.3 is 5.32 Å². The number of hydrogen-bond donors (Lipinski definition) is 1. The van der Waals surface area contributed by atoms with Crippen LogP contribution in [0.2, 0.25) is 0 Å². The molecule has 24 heavy (non-hydrogen) atoms. The van der Waals surface area contributed by atoms with Gasteiger partial charge in [-0.1, -0.05) is 38.5 Å². The molecule has 0 fully saturated rings. The summed E-state index contributed by atoms with van der Waals surface area (Å²) in [7, 11) is 0. The molecule has 0 heterocycles. The molecular weight excluding hydrogens is 318 g/mol.